The molecule has 1 aliphatic rings. The Morgan fingerprint density at radius 2 is 2.05 bits per heavy atom. The van der Waals surface area contributed by atoms with Crippen molar-refractivity contribution in [3.8, 4) is 5.69 Å². The second-order valence-corrected chi connectivity index (χ2v) is 4.67. The molecule has 98 valence electrons. The zero-order chi connectivity index (χ0) is 13.2. The van der Waals surface area contributed by atoms with Crippen molar-refractivity contribution in [1.29, 1.82) is 0 Å². The maximum atomic E-state index is 12.2. The lowest BCUT2D eigenvalue weighted by atomic mass is 10.3. The highest BCUT2D eigenvalue weighted by atomic mass is 16.3. The van der Waals surface area contributed by atoms with Gasteiger partial charge in [-0.3, -0.25) is 4.79 Å². The molecule has 1 fully saturated rings. The molecule has 1 amide bonds. The van der Waals surface area contributed by atoms with Crippen molar-refractivity contribution in [2.75, 3.05) is 13.1 Å². The predicted octanol–water partition coefficient (Wildman–Crippen LogP) is 1.08. The molecule has 2 heterocycles. The summed E-state index contributed by atoms with van der Waals surface area (Å²) in [7, 11) is 0. The first-order valence-corrected chi connectivity index (χ1v) is 6.32. The van der Waals surface area contributed by atoms with Gasteiger partial charge in [0.05, 0.1) is 11.8 Å². The molecule has 1 aromatic heterocycles. The highest BCUT2D eigenvalue weighted by Crippen LogP contribution is 2.13. The quantitative estimate of drug-likeness (QED) is 0.875. The lowest BCUT2D eigenvalue weighted by molar-refractivity contribution is 0.0759. The Kier molecular flexibility index (Phi) is 3.05. The number of benzene rings is 1. The van der Waals surface area contributed by atoms with E-state index >= 15 is 0 Å². The third kappa shape index (κ3) is 2.37. The normalized spacial score (nSPS) is 18.8. The number of aliphatic hydroxyl groups is 1. The van der Waals surface area contributed by atoms with Crippen LogP contribution < -0.4 is 0 Å². The number of hydrogen-bond donors (Lipinski definition) is 1. The fraction of sp³-hybridized carbons (Fsp3) is 0.286. The average molecular weight is 257 g/mol. The van der Waals surface area contributed by atoms with Gasteiger partial charge in [0.25, 0.3) is 5.91 Å². The number of likely N-dealkylation sites (tertiary alicyclic amines) is 1. The van der Waals surface area contributed by atoms with E-state index in [1.54, 1.807) is 21.8 Å². The van der Waals surface area contributed by atoms with Gasteiger partial charge in [-0.25, -0.2) is 4.68 Å². The Bertz CT molecular complexity index is 579. The molecule has 0 saturated carbocycles. The maximum Gasteiger partial charge on any atom is 0.274 e. The van der Waals surface area contributed by atoms with Crippen LogP contribution in [0.4, 0.5) is 0 Å². The molecule has 3 rings (SSSR count). The monoisotopic (exact) mass is 257 g/mol. The van der Waals surface area contributed by atoms with E-state index in [9.17, 15) is 9.90 Å². The minimum absolute atomic E-state index is 0.119. The Hall–Kier alpha value is -2.14. The molecule has 2 aromatic rings. The van der Waals surface area contributed by atoms with Crippen molar-refractivity contribution in [2.24, 2.45) is 0 Å². The summed E-state index contributed by atoms with van der Waals surface area (Å²) in [4.78, 5) is 13.8. The maximum absolute atomic E-state index is 12.2. The van der Waals surface area contributed by atoms with Gasteiger partial charge in [0, 0.05) is 19.3 Å². The van der Waals surface area contributed by atoms with Crippen LogP contribution in [0.1, 0.15) is 16.9 Å². The van der Waals surface area contributed by atoms with Crippen molar-refractivity contribution >= 4 is 5.91 Å². The summed E-state index contributed by atoms with van der Waals surface area (Å²) in [5.74, 6) is -0.119. The third-order valence-electron chi connectivity index (χ3n) is 3.28. The van der Waals surface area contributed by atoms with Crippen LogP contribution in [-0.2, 0) is 0 Å². The van der Waals surface area contributed by atoms with Crippen molar-refractivity contribution in [3.63, 3.8) is 0 Å². The summed E-state index contributed by atoms with van der Waals surface area (Å²) in [6.45, 7) is 0.995. The van der Waals surface area contributed by atoms with Crippen molar-refractivity contribution in [3.05, 3.63) is 48.3 Å². The number of carbonyl (C=O) groups is 1. The number of β-amino-alcohol motifs (C(OH)–C–C–N with tert-alkyl or cyclic N) is 1. The van der Waals surface area contributed by atoms with Crippen molar-refractivity contribution < 1.29 is 9.90 Å². The molecule has 19 heavy (non-hydrogen) atoms. The van der Waals surface area contributed by atoms with Gasteiger partial charge in [-0.05, 0) is 24.6 Å². The molecule has 0 spiro atoms. The molecule has 0 aliphatic carbocycles. The molecule has 1 aromatic carbocycles. The van der Waals surface area contributed by atoms with Crippen LogP contribution in [0.2, 0.25) is 0 Å². The number of amides is 1. The minimum Gasteiger partial charge on any atom is -0.391 e. The van der Waals surface area contributed by atoms with E-state index in [2.05, 4.69) is 5.10 Å². The fourth-order valence-electron chi connectivity index (χ4n) is 2.25. The van der Waals surface area contributed by atoms with Crippen LogP contribution in [0.15, 0.2) is 42.6 Å². The van der Waals surface area contributed by atoms with Gasteiger partial charge in [0.2, 0.25) is 0 Å². The van der Waals surface area contributed by atoms with Crippen LogP contribution in [0.3, 0.4) is 0 Å². The number of para-hydroxylation sites is 1. The summed E-state index contributed by atoms with van der Waals surface area (Å²) >= 11 is 0. The van der Waals surface area contributed by atoms with Gasteiger partial charge in [0.1, 0.15) is 0 Å². The van der Waals surface area contributed by atoms with Gasteiger partial charge in [-0.2, -0.15) is 5.10 Å². The summed E-state index contributed by atoms with van der Waals surface area (Å²) in [6, 6.07) is 11.4. The van der Waals surface area contributed by atoms with E-state index in [1.165, 1.54) is 0 Å². The fourth-order valence-corrected chi connectivity index (χ4v) is 2.25. The first-order valence-electron chi connectivity index (χ1n) is 6.32. The van der Waals surface area contributed by atoms with E-state index in [-0.39, 0.29) is 5.91 Å². The van der Waals surface area contributed by atoms with Crippen LogP contribution in [0.5, 0.6) is 0 Å². The number of nitrogens with zero attached hydrogens (tertiary/aromatic N) is 3. The van der Waals surface area contributed by atoms with Gasteiger partial charge < -0.3 is 10.0 Å². The molecule has 1 N–H and O–H groups in total. The van der Waals surface area contributed by atoms with Crippen molar-refractivity contribution in [2.45, 2.75) is 12.5 Å². The van der Waals surface area contributed by atoms with E-state index < -0.39 is 6.10 Å². The van der Waals surface area contributed by atoms with Gasteiger partial charge in [-0.1, -0.05) is 18.2 Å². The van der Waals surface area contributed by atoms with E-state index in [0.29, 0.717) is 25.2 Å². The summed E-state index contributed by atoms with van der Waals surface area (Å²) < 4.78 is 1.68. The molecule has 0 unspecified atom stereocenters. The molecular formula is C14H15N3O2. The predicted molar refractivity (Wildman–Crippen MR) is 70.1 cm³/mol. The largest absolute Gasteiger partial charge is 0.391 e. The third-order valence-corrected chi connectivity index (χ3v) is 3.28. The molecule has 1 atom stereocenters. The Labute approximate surface area is 111 Å². The van der Waals surface area contributed by atoms with Crippen LogP contribution >= 0.6 is 0 Å². The zero-order valence-corrected chi connectivity index (χ0v) is 10.4. The molecule has 0 radical (unpaired) electrons. The lowest BCUT2D eigenvalue weighted by Gasteiger charge is -2.13. The van der Waals surface area contributed by atoms with E-state index in [0.717, 1.165) is 5.69 Å². The number of rotatable bonds is 2. The Balaban J connectivity index is 1.80. The second kappa shape index (κ2) is 4.85. The topological polar surface area (TPSA) is 58.4 Å². The Morgan fingerprint density at radius 3 is 2.74 bits per heavy atom. The van der Waals surface area contributed by atoms with Crippen LogP contribution in [0, 0.1) is 0 Å². The number of carbonyl (C=O) groups excluding carboxylic acids is 1. The number of aromatic nitrogens is 2. The molecule has 5 nitrogen and oxygen atoms in total. The van der Waals surface area contributed by atoms with Crippen LogP contribution in [-0.4, -0.2) is 44.9 Å². The number of aliphatic hydroxyl groups excluding tert-OH is 1. The average Bonchev–Trinajstić information content (AvgIpc) is 3.08. The molecule has 1 saturated heterocycles. The van der Waals surface area contributed by atoms with E-state index in [4.69, 9.17) is 0 Å². The van der Waals surface area contributed by atoms with Gasteiger partial charge in [-0.15, -0.1) is 0 Å². The lowest BCUT2D eigenvalue weighted by Crippen LogP contribution is -2.29. The first kappa shape index (κ1) is 11.9. The second-order valence-electron chi connectivity index (χ2n) is 4.67. The SMILES string of the molecule is O=C(c1ccn(-c2ccccc2)n1)N1CC[C@@H](O)C1. The molecular weight excluding hydrogens is 242 g/mol. The summed E-state index contributed by atoms with van der Waals surface area (Å²) in [5.41, 5.74) is 1.33. The smallest absolute Gasteiger partial charge is 0.274 e. The highest BCUT2D eigenvalue weighted by Gasteiger charge is 2.26. The summed E-state index contributed by atoms with van der Waals surface area (Å²) in [5, 5.41) is 13.8. The minimum atomic E-state index is -0.403. The Morgan fingerprint density at radius 1 is 1.26 bits per heavy atom. The van der Waals surface area contributed by atoms with E-state index in [1.807, 2.05) is 30.3 Å². The highest BCUT2D eigenvalue weighted by molar-refractivity contribution is 5.92. The molecule has 0 bridgehead atoms. The van der Waals surface area contributed by atoms with Crippen LogP contribution in [0.25, 0.3) is 5.69 Å². The number of hydrogen-bond acceptors (Lipinski definition) is 3. The molecule has 1 aliphatic heterocycles. The standard InChI is InChI=1S/C14H15N3O2/c18-12-6-8-16(10-12)14(19)13-7-9-17(15-13)11-4-2-1-3-5-11/h1-5,7,9,12,18H,6,8,10H2/t12-/m1/s1. The van der Waals surface area contributed by atoms with Gasteiger partial charge in [0.15, 0.2) is 5.69 Å². The first-order chi connectivity index (χ1) is 9.24. The zero-order valence-electron chi connectivity index (χ0n) is 10.4. The summed E-state index contributed by atoms with van der Waals surface area (Å²) in [6.07, 6.45) is 2.01. The van der Waals surface area contributed by atoms with Crippen molar-refractivity contribution in [1.82, 2.24) is 14.7 Å². The van der Waals surface area contributed by atoms with Gasteiger partial charge >= 0.3 is 0 Å². The molecule has 5 heteroatoms.